The number of nitrogens with two attached hydrogens (primary N) is 1. The number of ether oxygens (including phenoxy) is 1. The molecule has 0 fully saturated rings. The van der Waals surface area contributed by atoms with E-state index in [4.69, 9.17) is 16.3 Å². The van der Waals surface area contributed by atoms with Gasteiger partial charge in [0.05, 0.1) is 0 Å². The van der Waals surface area contributed by atoms with Crippen LogP contribution >= 0.6 is 0 Å². The molecule has 0 atom stereocenters. The minimum Gasteiger partial charge on any atom is -0.403 e. The number of pyridine rings is 1. The van der Waals surface area contributed by atoms with Crippen LogP contribution in [0.1, 0.15) is 11.1 Å². The number of rotatable bonds is 2. The normalized spacial score (nSPS) is 10.8. The molecule has 0 radical (unpaired) electrons. The number of nitrogens with zero attached hydrogens (tertiary/aromatic N) is 2. The third-order valence-corrected chi connectivity index (χ3v) is 2.91. The molecule has 2 rings (SSSR count). The number of hydrogen-bond acceptors (Lipinski definition) is 5. The number of alkyl halides is 3. The molecule has 0 bridgehead atoms. The van der Waals surface area contributed by atoms with Crippen LogP contribution in [0.25, 0.3) is 11.1 Å². The van der Waals surface area contributed by atoms with E-state index < -0.39 is 29.1 Å². The number of halogens is 4. The van der Waals surface area contributed by atoms with Gasteiger partial charge < -0.3 is 15.5 Å². The average Bonchev–Trinajstić information content (AvgIpc) is 2.47. The fraction of sp³-hybridized carbons (Fsp3) is 0.0714. The summed E-state index contributed by atoms with van der Waals surface area (Å²) in [5.41, 5.74) is 3.15. The molecule has 0 amide bonds. The molecule has 0 aliphatic carbocycles. The summed E-state index contributed by atoms with van der Waals surface area (Å²) in [6.45, 7) is 0. The first kappa shape index (κ1) is 16.8. The van der Waals surface area contributed by atoms with E-state index in [-0.39, 0.29) is 22.5 Å². The molecule has 1 heterocycles. The maximum Gasteiger partial charge on any atom is 0.573 e. The van der Waals surface area contributed by atoms with Crippen molar-refractivity contribution in [2.45, 2.75) is 6.36 Å². The lowest BCUT2D eigenvalue weighted by molar-refractivity contribution is -0.275. The second-order valence-corrected chi connectivity index (χ2v) is 4.41. The topological polar surface area (TPSA) is 116 Å². The van der Waals surface area contributed by atoms with E-state index in [1.54, 1.807) is 6.07 Å². The average molecular weight is 338 g/mol. The Labute approximate surface area is 131 Å². The van der Waals surface area contributed by atoms with Crippen LogP contribution in [0.3, 0.4) is 0 Å². The highest BCUT2D eigenvalue weighted by Crippen LogP contribution is 2.33. The standard InChI is InChI=1S/C14H6F4N4O2/c15-9-2-1-6(3-10(9)24-14(16,17)18)11-7(4-19)12(21)22-13(23)8(11)5-20/h1-3H,(H3,21,22,23). The number of anilines is 1. The number of hydrogen-bond donors (Lipinski definition) is 2. The van der Waals surface area contributed by atoms with E-state index in [1.807, 2.05) is 0 Å². The third kappa shape index (κ3) is 3.13. The van der Waals surface area contributed by atoms with Crippen LogP contribution in [0.15, 0.2) is 23.0 Å². The van der Waals surface area contributed by atoms with Gasteiger partial charge in [-0.2, -0.15) is 10.5 Å². The summed E-state index contributed by atoms with van der Waals surface area (Å²) >= 11 is 0. The number of nitrogens with one attached hydrogen (secondary N) is 1. The number of aromatic nitrogens is 1. The van der Waals surface area contributed by atoms with Crippen LogP contribution in [0.5, 0.6) is 5.75 Å². The zero-order valence-corrected chi connectivity index (χ0v) is 11.5. The largest absolute Gasteiger partial charge is 0.573 e. The quantitative estimate of drug-likeness (QED) is 0.816. The van der Waals surface area contributed by atoms with Crippen LogP contribution in [0.2, 0.25) is 0 Å². The van der Waals surface area contributed by atoms with Crippen molar-refractivity contribution in [1.29, 1.82) is 10.5 Å². The predicted molar refractivity (Wildman–Crippen MR) is 73.0 cm³/mol. The molecular formula is C14H6F4N4O2. The number of H-pyrrole nitrogens is 1. The second kappa shape index (κ2) is 5.93. The highest BCUT2D eigenvalue weighted by atomic mass is 19.4. The van der Waals surface area contributed by atoms with Crippen LogP contribution < -0.4 is 16.0 Å². The van der Waals surface area contributed by atoms with Gasteiger partial charge in [-0.25, -0.2) is 4.39 Å². The Kier molecular flexibility index (Phi) is 4.16. The summed E-state index contributed by atoms with van der Waals surface area (Å²) < 4.78 is 54.0. The Bertz CT molecular complexity index is 951. The summed E-state index contributed by atoms with van der Waals surface area (Å²) in [5, 5.41) is 18.2. The van der Waals surface area contributed by atoms with Gasteiger partial charge in [-0.1, -0.05) is 6.07 Å². The van der Waals surface area contributed by atoms with Crippen molar-refractivity contribution in [3.8, 4) is 29.0 Å². The minimum absolute atomic E-state index is 0.207. The van der Waals surface area contributed by atoms with Crippen LogP contribution in [0.4, 0.5) is 23.4 Å². The molecule has 10 heteroatoms. The monoisotopic (exact) mass is 338 g/mol. The lowest BCUT2D eigenvalue weighted by Crippen LogP contribution is -2.18. The van der Waals surface area contributed by atoms with Crippen molar-refractivity contribution < 1.29 is 22.3 Å². The van der Waals surface area contributed by atoms with Gasteiger partial charge in [-0.15, -0.1) is 13.2 Å². The molecule has 0 spiro atoms. The zero-order valence-electron chi connectivity index (χ0n) is 11.5. The highest BCUT2D eigenvalue weighted by molar-refractivity contribution is 5.80. The van der Waals surface area contributed by atoms with Gasteiger partial charge in [-0.3, -0.25) is 4.79 Å². The molecule has 0 aliphatic rings. The Balaban J connectivity index is 2.79. The lowest BCUT2D eigenvalue weighted by atomic mass is 9.96. The zero-order chi connectivity index (χ0) is 18.1. The summed E-state index contributed by atoms with van der Waals surface area (Å²) in [5.74, 6) is -2.86. The maximum absolute atomic E-state index is 13.5. The fourth-order valence-electron chi connectivity index (χ4n) is 1.99. The second-order valence-electron chi connectivity index (χ2n) is 4.41. The number of nitrogen functional groups attached to an aromatic ring is 1. The van der Waals surface area contributed by atoms with Crippen LogP contribution in [0, 0.1) is 28.5 Å². The summed E-state index contributed by atoms with van der Waals surface area (Å²) in [7, 11) is 0. The molecule has 122 valence electrons. The first-order chi connectivity index (χ1) is 11.2. The minimum atomic E-state index is -5.15. The summed E-state index contributed by atoms with van der Waals surface area (Å²) in [6.07, 6.45) is -5.15. The smallest absolute Gasteiger partial charge is 0.403 e. The molecule has 0 aliphatic heterocycles. The van der Waals surface area contributed by atoms with Crippen molar-refractivity contribution in [1.82, 2.24) is 4.98 Å². The Morgan fingerprint density at radius 2 is 1.79 bits per heavy atom. The number of aromatic amines is 1. The SMILES string of the molecule is N#Cc1c(N)[nH]c(=O)c(C#N)c1-c1ccc(F)c(OC(F)(F)F)c1. The molecule has 24 heavy (non-hydrogen) atoms. The van der Waals surface area contributed by atoms with Crippen molar-refractivity contribution in [2.75, 3.05) is 5.73 Å². The van der Waals surface area contributed by atoms with Gasteiger partial charge in [0.15, 0.2) is 11.6 Å². The van der Waals surface area contributed by atoms with Gasteiger partial charge in [0.2, 0.25) is 0 Å². The third-order valence-electron chi connectivity index (χ3n) is 2.91. The van der Waals surface area contributed by atoms with Gasteiger partial charge in [0.25, 0.3) is 5.56 Å². The first-order valence-corrected chi connectivity index (χ1v) is 6.09. The van der Waals surface area contributed by atoms with Gasteiger partial charge in [-0.05, 0) is 17.7 Å². The summed E-state index contributed by atoms with van der Waals surface area (Å²) in [4.78, 5) is 13.8. The van der Waals surface area contributed by atoms with Crippen LogP contribution in [-0.4, -0.2) is 11.3 Å². The fourth-order valence-corrected chi connectivity index (χ4v) is 1.99. The Hall–Kier alpha value is -3.53. The van der Waals surface area contributed by atoms with Crippen molar-refractivity contribution in [2.24, 2.45) is 0 Å². The van der Waals surface area contributed by atoms with Crippen molar-refractivity contribution >= 4 is 5.82 Å². The molecule has 0 saturated carbocycles. The predicted octanol–water partition coefficient (Wildman–Crippen LogP) is 2.41. The Morgan fingerprint density at radius 1 is 1.17 bits per heavy atom. The van der Waals surface area contributed by atoms with E-state index in [2.05, 4.69) is 9.72 Å². The number of nitriles is 2. The van der Waals surface area contributed by atoms with Crippen molar-refractivity contribution in [3.63, 3.8) is 0 Å². The molecule has 3 N–H and O–H groups in total. The molecule has 6 nitrogen and oxygen atoms in total. The number of benzene rings is 1. The summed E-state index contributed by atoms with van der Waals surface area (Å²) in [6, 6.07) is 5.45. The molecule has 0 unspecified atom stereocenters. The van der Waals surface area contributed by atoms with E-state index in [9.17, 15) is 22.4 Å². The molecule has 1 aromatic heterocycles. The van der Waals surface area contributed by atoms with Gasteiger partial charge >= 0.3 is 6.36 Å². The molecule has 0 saturated heterocycles. The van der Waals surface area contributed by atoms with E-state index in [1.165, 1.54) is 6.07 Å². The molecular weight excluding hydrogens is 332 g/mol. The van der Waals surface area contributed by atoms with E-state index >= 15 is 0 Å². The first-order valence-electron chi connectivity index (χ1n) is 6.09. The molecule has 1 aromatic carbocycles. The lowest BCUT2D eigenvalue weighted by Gasteiger charge is -2.13. The van der Waals surface area contributed by atoms with Crippen LogP contribution in [-0.2, 0) is 0 Å². The van der Waals surface area contributed by atoms with Gasteiger partial charge in [0.1, 0.15) is 29.1 Å². The maximum atomic E-state index is 13.5. The van der Waals surface area contributed by atoms with Crippen molar-refractivity contribution in [3.05, 3.63) is 45.5 Å². The Morgan fingerprint density at radius 3 is 2.33 bits per heavy atom. The van der Waals surface area contributed by atoms with E-state index in [0.29, 0.717) is 12.1 Å². The van der Waals surface area contributed by atoms with E-state index in [0.717, 1.165) is 6.07 Å². The van der Waals surface area contributed by atoms with Gasteiger partial charge in [0, 0.05) is 5.56 Å². The molecule has 2 aromatic rings. The highest BCUT2D eigenvalue weighted by Gasteiger charge is 2.32.